The number of hydrogen-bond acceptors (Lipinski definition) is 3. The highest BCUT2D eigenvalue weighted by molar-refractivity contribution is 7.87. The second kappa shape index (κ2) is 3.66. The molecule has 0 unspecified atom stereocenters. The van der Waals surface area contributed by atoms with Crippen LogP contribution in [0.15, 0.2) is 0 Å². The normalized spacial score (nSPS) is 32.9. The van der Waals surface area contributed by atoms with Crippen LogP contribution >= 0.6 is 0 Å². The molecule has 0 aromatic carbocycles. The summed E-state index contributed by atoms with van der Waals surface area (Å²) in [5.41, 5.74) is 0.122. The Balaban J connectivity index is 2.16. The summed E-state index contributed by atoms with van der Waals surface area (Å²) >= 11 is 0. The standard InChI is InChI=1S/C10H21N3O2S/c1-10(2,3)12-5-6-13-9(8-12)7-11(4)16(13,14)15/h9H,5-8H2,1-4H3/t9-/m0/s1. The van der Waals surface area contributed by atoms with Gasteiger partial charge in [-0.05, 0) is 20.8 Å². The highest BCUT2D eigenvalue weighted by Gasteiger charge is 2.45. The van der Waals surface area contributed by atoms with Crippen molar-refractivity contribution in [1.82, 2.24) is 13.5 Å². The Morgan fingerprint density at radius 3 is 2.31 bits per heavy atom. The van der Waals surface area contributed by atoms with Crippen LogP contribution in [0.5, 0.6) is 0 Å². The van der Waals surface area contributed by atoms with Crippen LogP contribution in [0.1, 0.15) is 20.8 Å². The molecule has 5 nitrogen and oxygen atoms in total. The lowest BCUT2D eigenvalue weighted by Gasteiger charge is -2.43. The predicted molar refractivity (Wildman–Crippen MR) is 63.4 cm³/mol. The maximum atomic E-state index is 11.9. The third kappa shape index (κ3) is 1.88. The van der Waals surface area contributed by atoms with E-state index in [0.29, 0.717) is 13.1 Å². The molecule has 0 saturated carbocycles. The molecule has 6 heteroatoms. The Kier molecular flexibility index (Phi) is 2.81. The summed E-state index contributed by atoms with van der Waals surface area (Å²) in [5, 5.41) is 0. The van der Waals surface area contributed by atoms with Crippen LogP contribution < -0.4 is 0 Å². The smallest absolute Gasteiger partial charge is 0.282 e. The summed E-state index contributed by atoms with van der Waals surface area (Å²) in [7, 11) is -1.49. The molecule has 2 aliphatic rings. The predicted octanol–water partition coefficient (Wildman–Crippen LogP) is -0.0387. The molecule has 2 fully saturated rings. The molecule has 94 valence electrons. The maximum Gasteiger partial charge on any atom is 0.282 e. The van der Waals surface area contributed by atoms with Gasteiger partial charge in [-0.3, -0.25) is 4.90 Å². The number of rotatable bonds is 0. The van der Waals surface area contributed by atoms with Crippen molar-refractivity contribution in [2.24, 2.45) is 0 Å². The molecule has 16 heavy (non-hydrogen) atoms. The highest BCUT2D eigenvalue weighted by Crippen LogP contribution is 2.27. The molecule has 2 rings (SSSR count). The first kappa shape index (κ1) is 12.3. The average molecular weight is 247 g/mol. The van der Waals surface area contributed by atoms with E-state index in [-0.39, 0.29) is 11.6 Å². The van der Waals surface area contributed by atoms with Gasteiger partial charge >= 0.3 is 0 Å². The third-order valence-electron chi connectivity index (χ3n) is 3.54. The molecule has 0 aliphatic carbocycles. The van der Waals surface area contributed by atoms with E-state index in [1.807, 2.05) is 0 Å². The Bertz CT molecular complexity index is 374. The first-order chi connectivity index (χ1) is 7.23. The fourth-order valence-electron chi connectivity index (χ4n) is 2.47. The highest BCUT2D eigenvalue weighted by atomic mass is 32.2. The maximum absolute atomic E-state index is 11.9. The van der Waals surface area contributed by atoms with Crippen LogP contribution in [0, 0.1) is 0 Å². The largest absolute Gasteiger partial charge is 0.296 e. The molecule has 2 saturated heterocycles. The molecule has 1 atom stereocenters. The van der Waals surface area contributed by atoms with Crippen LogP contribution in [0.2, 0.25) is 0 Å². The van der Waals surface area contributed by atoms with Crippen molar-refractivity contribution in [3.63, 3.8) is 0 Å². The Morgan fingerprint density at radius 1 is 1.12 bits per heavy atom. The molecule has 2 heterocycles. The summed E-state index contributed by atoms with van der Waals surface area (Å²) < 4.78 is 26.9. The molecule has 0 amide bonds. The average Bonchev–Trinajstić information content (AvgIpc) is 2.36. The lowest BCUT2D eigenvalue weighted by atomic mass is 10.0. The quantitative estimate of drug-likeness (QED) is 0.603. The summed E-state index contributed by atoms with van der Waals surface area (Å²) in [5.74, 6) is 0. The van der Waals surface area contributed by atoms with Gasteiger partial charge in [0, 0.05) is 38.8 Å². The Hall–Kier alpha value is -0.170. The number of likely N-dealkylation sites (N-methyl/N-ethyl adjacent to an activating group) is 1. The molecule has 0 aromatic heterocycles. The topological polar surface area (TPSA) is 43.9 Å². The molecule has 0 radical (unpaired) electrons. The molecule has 0 spiro atoms. The van der Waals surface area contributed by atoms with E-state index in [1.54, 1.807) is 11.4 Å². The van der Waals surface area contributed by atoms with E-state index in [9.17, 15) is 8.42 Å². The summed E-state index contributed by atoms with van der Waals surface area (Å²) in [6, 6.07) is 0.128. The van der Waals surface area contributed by atoms with Gasteiger partial charge in [0.1, 0.15) is 0 Å². The van der Waals surface area contributed by atoms with Gasteiger partial charge in [0.25, 0.3) is 10.2 Å². The SMILES string of the molecule is CN1C[C@H]2CN(C(C)(C)C)CCN2S1(=O)=O. The molecule has 2 aliphatic heterocycles. The molecule has 0 aromatic rings. The van der Waals surface area contributed by atoms with Gasteiger partial charge in [0.15, 0.2) is 0 Å². The minimum atomic E-state index is -3.15. The van der Waals surface area contributed by atoms with Crippen LogP contribution in [0.25, 0.3) is 0 Å². The van der Waals surface area contributed by atoms with Gasteiger partial charge < -0.3 is 0 Å². The number of fused-ring (bicyclic) bond motifs is 1. The summed E-state index contributed by atoms with van der Waals surface area (Å²) in [4.78, 5) is 2.36. The third-order valence-corrected chi connectivity index (χ3v) is 5.55. The van der Waals surface area contributed by atoms with Crippen molar-refractivity contribution in [2.75, 3.05) is 33.2 Å². The molecule has 0 N–H and O–H groups in total. The van der Waals surface area contributed by atoms with Gasteiger partial charge in [0.05, 0.1) is 6.04 Å². The van der Waals surface area contributed by atoms with Crippen molar-refractivity contribution in [2.45, 2.75) is 32.4 Å². The van der Waals surface area contributed by atoms with Crippen LogP contribution in [0.4, 0.5) is 0 Å². The second-order valence-electron chi connectivity index (χ2n) is 5.67. The van der Waals surface area contributed by atoms with Crippen molar-refractivity contribution in [1.29, 1.82) is 0 Å². The van der Waals surface area contributed by atoms with Gasteiger partial charge in [-0.2, -0.15) is 17.0 Å². The van der Waals surface area contributed by atoms with E-state index < -0.39 is 10.2 Å². The van der Waals surface area contributed by atoms with E-state index >= 15 is 0 Å². The lowest BCUT2D eigenvalue weighted by molar-refractivity contribution is 0.0663. The Labute approximate surface area is 98.2 Å². The summed E-state index contributed by atoms with van der Waals surface area (Å²) in [6.45, 7) is 9.44. The molecular formula is C10H21N3O2S. The number of nitrogens with zero attached hydrogens (tertiary/aromatic N) is 3. The van der Waals surface area contributed by atoms with Crippen molar-refractivity contribution in [3.8, 4) is 0 Å². The monoisotopic (exact) mass is 247 g/mol. The fourth-order valence-corrected chi connectivity index (χ4v) is 4.01. The van der Waals surface area contributed by atoms with Gasteiger partial charge in [-0.25, -0.2) is 0 Å². The molecule has 0 bridgehead atoms. The zero-order chi connectivity index (χ0) is 12.1. The van der Waals surface area contributed by atoms with Gasteiger partial charge in [0.2, 0.25) is 0 Å². The second-order valence-corrected chi connectivity index (χ2v) is 7.66. The zero-order valence-corrected chi connectivity index (χ0v) is 11.3. The first-order valence-electron chi connectivity index (χ1n) is 5.71. The Morgan fingerprint density at radius 2 is 1.75 bits per heavy atom. The van der Waals surface area contributed by atoms with E-state index in [0.717, 1.165) is 13.1 Å². The lowest BCUT2D eigenvalue weighted by Crippen LogP contribution is -2.57. The first-order valence-corrected chi connectivity index (χ1v) is 7.11. The zero-order valence-electron chi connectivity index (χ0n) is 10.5. The van der Waals surface area contributed by atoms with Crippen LogP contribution in [-0.2, 0) is 10.2 Å². The van der Waals surface area contributed by atoms with Gasteiger partial charge in [-0.1, -0.05) is 0 Å². The summed E-state index contributed by atoms with van der Waals surface area (Å²) in [6.07, 6.45) is 0. The fraction of sp³-hybridized carbons (Fsp3) is 1.00. The minimum absolute atomic E-state index is 0.122. The minimum Gasteiger partial charge on any atom is -0.296 e. The van der Waals surface area contributed by atoms with E-state index in [4.69, 9.17) is 0 Å². The van der Waals surface area contributed by atoms with Gasteiger partial charge in [-0.15, -0.1) is 0 Å². The van der Waals surface area contributed by atoms with Crippen molar-refractivity contribution < 1.29 is 8.42 Å². The van der Waals surface area contributed by atoms with Crippen LogP contribution in [0.3, 0.4) is 0 Å². The van der Waals surface area contributed by atoms with Crippen LogP contribution in [-0.4, -0.2) is 66.7 Å². The number of hydrogen-bond donors (Lipinski definition) is 0. The van der Waals surface area contributed by atoms with E-state index in [1.165, 1.54) is 4.31 Å². The van der Waals surface area contributed by atoms with E-state index in [2.05, 4.69) is 25.7 Å². The molecular weight excluding hydrogens is 226 g/mol. The van der Waals surface area contributed by atoms with Crippen molar-refractivity contribution in [3.05, 3.63) is 0 Å². The number of piperazine rings is 1. The van der Waals surface area contributed by atoms with Crippen molar-refractivity contribution >= 4 is 10.2 Å².